The van der Waals surface area contributed by atoms with Gasteiger partial charge in [0.1, 0.15) is 22.1 Å². The maximum atomic E-state index is 13.2. The van der Waals surface area contributed by atoms with Gasteiger partial charge in [0, 0.05) is 18.0 Å². The Hall–Kier alpha value is -1.67. The average molecular weight is 465 g/mol. The van der Waals surface area contributed by atoms with Crippen LogP contribution in [0, 0.1) is 12.3 Å². The third kappa shape index (κ3) is 4.14. The van der Waals surface area contributed by atoms with Gasteiger partial charge in [-0.1, -0.05) is 6.07 Å². The van der Waals surface area contributed by atoms with Crippen LogP contribution in [0.15, 0.2) is 16.7 Å². The number of carbonyl (C=O) groups excluding carboxylic acids is 2. The number of aromatic nitrogens is 1. The second-order valence-electron chi connectivity index (χ2n) is 9.61. The molecular weight excluding hydrogens is 436 g/mol. The van der Waals surface area contributed by atoms with Crippen LogP contribution in [0.5, 0.6) is 0 Å². The minimum absolute atomic E-state index is 0.0130. The lowest BCUT2D eigenvalue weighted by Crippen LogP contribution is -2.47. The van der Waals surface area contributed by atoms with Gasteiger partial charge in [-0.15, -0.1) is 0 Å². The summed E-state index contributed by atoms with van der Waals surface area (Å²) in [5.41, 5.74) is 0.292. The first kappa shape index (κ1) is 20.6. The third-order valence-electron chi connectivity index (χ3n) is 6.12. The zero-order chi connectivity index (χ0) is 21.0. The van der Waals surface area contributed by atoms with Crippen LogP contribution >= 0.6 is 15.9 Å². The maximum absolute atomic E-state index is 13.2. The Bertz CT molecular complexity index is 836. The lowest BCUT2D eigenvalue weighted by Gasteiger charge is -2.33. The first-order valence-corrected chi connectivity index (χ1v) is 11.0. The summed E-state index contributed by atoms with van der Waals surface area (Å²) in [7, 11) is 0. The van der Waals surface area contributed by atoms with Gasteiger partial charge in [0.05, 0.1) is 0 Å². The van der Waals surface area contributed by atoms with E-state index in [4.69, 9.17) is 4.74 Å². The van der Waals surface area contributed by atoms with E-state index < -0.39 is 17.7 Å². The Morgan fingerprint density at radius 2 is 2.03 bits per heavy atom. The number of nitrogens with one attached hydrogen (secondary N) is 1. The summed E-state index contributed by atoms with van der Waals surface area (Å²) in [4.78, 5) is 34.7. The highest BCUT2D eigenvalue weighted by Gasteiger charge is 2.68. The summed E-state index contributed by atoms with van der Waals surface area (Å²) in [6.07, 6.45) is 2.45. The van der Waals surface area contributed by atoms with Gasteiger partial charge < -0.3 is 15.0 Å². The number of fused-ring (bicyclic) bond motifs is 1. The van der Waals surface area contributed by atoms with Crippen LogP contribution in [-0.2, 0) is 9.53 Å². The zero-order valence-electron chi connectivity index (χ0n) is 17.5. The fraction of sp³-hybridized carbons (Fsp3) is 0.667. The van der Waals surface area contributed by atoms with Crippen molar-refractivity contribution in [3.05, 3.63) is 22.3 Å². The summed E-state index contributed by atoms with van der Waals surface area (Å²) >= 11 is 3.35. The van der Waals surface area contributed by atoms with Crippen molar-refractivity contribution in [3.63, 3.8) is 0 Å². The Morgan fingerprint density at radius 3 is 2.66 bits per heavy atom. The number of aryl methyl sites for hydroxylation is 1. The fourth-order valence-electron chi connectivity index (χ4n) is 4.48. The number of likely N-dealkylation sites (tertiary alicyclic amines) is 2. The van der Waals surface area contributed by atoms with Gasteiger partial charge in [0.25, 0.3) is 0 Å². The molecule has 0 spiro atoms. The van der Waals surface area contributed by atoms with Crippen molar-refractivity contribution in [1.82, 2.24) is 14.8 Å². The van der Waals surface area contributed by atoms with Crippen LogP contribution in [0.2, 0.25) is 0 Å². The molecular formula is C21H29BrN4O3. The smallest absolute Gasteiger partial charge is 0.411 e. The molecule has 0 bridgehead atoms. The molecule has 158 valence electrons. The van der Waals surface area contributed by atoms with Gasteiger partial charge in [0.2, 0.25) is 5.91 Å². The normalized spacial score (nSPS) is 28.5. The van der Waals surface area contributed by atoms with E-state index in [1.165, 1.54) is 6.42 Å². The van der Waals surface area contributed by atoms with Crippen molar-refractivity contribution in [2.75, 3.05) is 25.0 Å². The number of pyridine rings is 1. The molecule has 1 saturated carbocycles. The van der Waals surface area contributed by atoms with Crippen LogP contribution in [0.1, 0.15) is 45.6 Å². The van der Waals surface area contributed by atoms with E-state index in [1.807, 2.05) is 39.8 Å². The van der Waals surface area contributed by atoms with E-state index in [-0.39, 0.29) is 17.4 Å². The van der Waals surface area contributed by atoms with Crippen molar-refractivity contribution in [1.29, 1.82) is 0 Å². The molecule has 4 rings (SSSR count). The molecule has 29 heavy (non-hydrogen) atoms. The van der Waals surface area contributed by atoms with Gasteiger partial charge in [-0.05, 0) is 87.6 Å². The number of rotatable bonds is 4. The van der Waals surface area contributed by atoms with Crippen molar-refractivity contribution in [2.45, 2.75) is 64.6 Å². The van der Waals surface area contributed by atoms with Crippen molar-refractivity contribution in [2.24, 2.45) is 5.41 Å². The minimum Gasteiger partial charge on any atom is -0.444 e. The summed E-state index contributed by atoms with van der Waals surface area (Å²) in [5.74, 6) is 0.325. The van der Waals surface area contributed by atoms with Crippen LogP contribution in [0.3, 0.4) is 0 Å². The lowest BCUT2D eigenvalue weighted by molar-refractivity contribution is -0.121. The molecule has 2 unspecified atom stereocenters. The molecule has 7 nitrogen and oxygen atoms in total. The Balaban J connectivity index is 1.54. The molecule has 1 aromatic rings. The Kier molecular flexibility index (Phi) is 5.14. The molecule has 0 aromatic carbocycles. The number of nitrogens with zero attached hydrogens (tertiary/aromatic N) is 3. The number of piperidine rings is 1. The number of hydrogen-bond donors (Lipinski definition) is 1. The van der Waals surface area contributed by atoms with E-state index in [2.05, 4.69) is 31.1 Å². The standard InChI is InChI=1S/C21H29BrN4O3/c1-13-6-7-16(22)23-17(13)24-18(27)14-10-21(12-25-8-5-9-25)11-15(21)26(14)19(28)29-20(2,3)4/h6-7,14-15H,5,8-12H2,1-4H3,(H,23,24,27)/t14-,15?,21?/m0/s1. The first-order chi connectivity index (χ1) is 13.6. The van der Waals surface area contributed by atoms with Crippen LogP contribution in [-0.4, -0.2) is 64.1 Å². The highest BCUT2D eigenvalue weighted by atomic mass is 79.9. The van der Waals surface area contributed by atoms with Gasteiger partial charge in [0.15, 0.2) is 0 Å². The zero-order valence-corrected chi connectivity index (χ0v) is 19.1. The van der Waals surface area contributed by atoms with E-state index in [1.54, 1.807) is 4.90 Å². The summed E-state index contributed by atoms with van der Waals surface area (Å²) < 4.78 is 6.31. The Labute approximate surface area is 180 Å². The second-order valence-corrected chi connectivity index (χ2v) is 10.4. The summed E-state index contributed by atoms with van der Waals surface area (Å²) in [6.45, 7) is 10.6. The van der Waals surface area contributed by atoms with Gasteiger partial charge in [-0.25, -0.2) is 9.78 Å². The van der Waals surface area contributed by atoms with Crippen molar-refractivity contribution >= 4 is 33.7 Å². The molecule has 3 atom stereocenters. The maximum Gasteiger partial charge on any atom is 0.411 e. The number of carbonyl (C=O) groups is 2. The molecule has 3 aliphatic rings. The van der Waals surface area contributed by atoms with E-state index in [0.717, 1.165) is 31.6 Å². The summed E-state index contributed by atoms with van der Waals surface area (Å²) in [5, 5.41) is 2.94. The SMILES string of the molecule is Cc1ccc(Br)nc1NC(=O)[C@@H]1CC2(CN3CCC3)CC2N1C(=O)OC(C)(C)C. The summed E-state index contributed by atoms with van der Waals surface area (Å²) in [6, 6.07) is 3.27. The second kappa shape index (κ2) is 7.23. The predicted molar refractivity (Wildman–Crippen MR) is 114 cm³/mol. The number of hydrogen-bond acceptors (Lipinski definition) is 5. The van der Waals surface area contributed by atoms with Gasteiger partial charge in [-0.3, -0.25) is 9.69 Å². The van der Waals surface area contributed by atoms with Gasteiger partial charge >= 0.3 is 6.09 Å². The van der Waals surface area contributed by atoms with E-state index in [9.17, 15) is 9.59 Å². The lowest BCUT2D eigenvalue weighted by atomic mass is 9.97. The van der Waals surface area contributed by atoms with Crippen LogP contribution < -0.4 is 5.32 Å². The van der Waals surface area contributed by atoms with Gasteiger partial charge in [-0.2, -0.15) is 0 Å². The largest absolute Gasteiger partial charge is 0.444 e. The molecule has 8 heteroatoms. The molecule has 1 aliphatic carbocycles. The first-order valence-electron chi connectivity index (χ1n) is 10.3. The van der Waals surface area contributed by atoms with E-state index >= 15 is 0 Å². The number of amides is 2. The van der Waals surface area contributed by atoms with Crippen LogP contribution in [0.25, 0.3) is 0 Å². The molecule has 2 saturated heterocycles. The van der Waals surface area contributed by atoms with Crippen molar-refractivity contribution in [3.8, 4) is 0 Å². The minimum atomic E-state index is -0.599. The topological polar surface area (TPSA) is 74.8 Å². The predicted octanol–water partition coefficient (Wildman–Crippen LogP) is 3.56. The third-order valence-corrected chi connectivity index (χ3v) is 6.56. The molecule has 2 aliphatic heterocycles. The number of halogens is 1. The van der Waals surface area contributed by atoms with Crippen LogP contribution in [0.4, 0.5) is 10.6 Å². The molecule has 0 radical (unpaired) electrons. The fourth-order valence-corrected chi connectivity index (χ4v) is 4.79. The molecule has 1 aromatic heterocycles. The number of ether oxygens (including phenoxy) is 1. The monoisotopic (exact) mass is 464 g/mol. The van der Waals surface area contributed by atoms with Crippen molar-refractivity contribution < 1.29 is 14.3 Å². The highest BCUT2D eigenvalue weighted by molar-refractivity contribution is 9.10. The molecule has 3 fully saturated rings. The molecule has 1 N–H and O–H groups in total. The molecule has 2 amide bonds. The molecule has 3 heterocycles. The number of anilines is 1. The van der Waals surface area contributed by atoms with E-state index in [0.29, 0.717) is 16.8 Å². The highest BCUT2D eigenvalue weighted by Crippen LogP contribution is 2.60. The Morgan fingerprint density at radius 1 is 1.31 bits per heavy atom. The quantitative estimate of drug-likeness (QED) is 0.689. The average Bonchev–Trinajstić information content (AvgIpc) is 3.17.